The van der Waals surface area contributed by atoms with Gasteiger partial charge in [0.1, 0.15) is 0 Å². The zero-order chi connectivity index (χ0) is 11.3. The normalized spacial score (nSPS) is 9.93. The molecule has 1 aromatic carbocycles. The molecule has 0 aromatic heterocycles. The van der Waals surface area contributed by atoms with Crippen LogP contribution in [0.4, 0.5) is 11.4 Å². The number of primary amides is 1. The number of carbonyl (C=O) groups is 1. The van der Waals surface area contributed by atoms with Crippen LogP contribution in [0.2, 0.25) is 0 Å². The highest BCUT2D eigenvalue weighted by Crippen LogP contribution is 2.19. The van der Waals surface area contributed by atoms with E-state index in [0.717, 1.165) is 18.0 Å². The minimum Gasteiger partial charge on any atom is -0.397 e. The topological polar surface area (TPSA) is 81.1 Å². The molecular weight excluding hydrogens is 210 g/mol. The van der Waals surface area contributed by atoms with Crippen LogP contribution in [0.1, 0.15) is 10.4 Å². The number of nitrogen functional groups attached to an aromatic ring is 1. The van der Waals surface area contributed by atoms with Gasteiger partial charge in [0.15, 0.2) is 0 Å². The van der Waals surface area contributed by atoms with E-state index in [1.54, 1.807) is 30.0 Å². The monoisotopic (exact) mass is 225 g/mol. The van der Waals surface area contributed by atoms with Crippen molar-refractivity contribution >= 4 is 29.0 Å². The maximum Gasteiger partial charge on any atom is 0.248 e. The largest absolute Gasteiger partial charge is 0.397 e. The Morgan fingerprint density at radius 3 is 2.87 bits per heavy atom. The van der Waals surface area contributed by atoms with Crippen LogP contribution in [0.3, 0.4) is 0 Å². The Balaban J connectivity index is 2.76. The number of amides is 1. The lowest BCUT2D eigenvalue weighted by Gasteiger charge is -2.09. The Morgan fingerprint density at radius 1 is 1.53 bits per heavy atom. The summed E-state index contributed by atoms with van der Waals surface area (Å²) >= 11 is 1.74. The highest BCUT2D eigenvalue weighted by Gasteiger charge is 2.04. The van der Waals surface area contributed by atoms with Gasteiger partial charge in [0.25, 0.3) is 0 Å². The molecule has 0 saturated heterocycles. The van der Waals surface area contributed by atoms with E-state index >= 15 is 0 Å². The van der Waals surface area contributed by atoms with Crippen molar-refractivity contribution in [2.75, 3.05) is 29.6 Å². The van der Waals surface area contributed by atoms with Gasteiger partial charge in [-0.1, -0.05) is 0 Å². The molecule has 1 rings (SSSR count). The summed E-state index contributed by atoms with van der Waals surface area (Å²) in [4.78, 5) is 10.9. The van der Waals surface area contributed by atoms with E-state index in [0.29, 0.717) is 11.3 Å². The first-order chi connectivity index (χ1) is 7.15. The summed E-state index contributed by atoms with van der Waals surface area (Å²) < 4.78 is 0. The zero-order valence-electron chi connectivity index (χ0n) is 8.62. The van der Waals surface area contributed by atoms with Crippen LogP contribution in [0.25, 0.3) is 0 Å². The Morgan fingerprint density at radius 2 is 2.27 bits per heavy atom. The van der Waals surface area contributed by atoms with Crippen molar-refractivity contribution in [3.63, 3.8) is 0 Å². The van der Waals surface area contributed by atoms with Crippen molar-refractivity contribution in [2.24, 2.45) is 5.73 Å². The molecule has 15 heavy (non-hydrogen) atoms. The van der Waals surface area contributed by atoms with Gasteiger partial charge in [-0.3, -0.25) is 4.79 Å². The van der Waals surface area contributed by atoms with E-state index in [-0.39, 0.29) is 0 Å². The third kappa shape index (κ3) is 3.36. The summed E-state index contributed by atoms with van der Waals surface area (Å²) in [6.07, 6.45) is 2.03. The molecule has 0 aliphatic carbocycles. The summed E-state index contributed by atoms with van der Waals surface area (Å²) in [5.41, 5.74) is 12.8. The van der Waals surface area contributed by atoms with E-state index in [9.17, 15) is 4.79 Å². The maximum absolute atomic E-state index is 10.9. The van der Waals surface area contributed by atoms with Crippen LogP contribution < -0.4 is 16.8 Å². The summed E-state index contributed by atoms with van der Waals surface area (Å²) in [6.45, 7) is 0.813. The summed E-state index contributed by atoms with van der Waals surface area (Å²) in [5, 5.41) is 3.16. The van der Waals surface area contributed by atoms with Crippen LogP contribution in [-0.2, 0) is 0 Å². The van der Waals surface area contributed by atoms with Crippen molar-refractivity contribution in [1.82, 2.24) is 0 Å². The molecule has 0 spiro atoms. The van der Waals surface area contributed by atoms with Crippen LogP contribution in [0, 0.1) is 0 Å². The van der Waals surface area contributed by atoms with E-state index in [1.165, 1.54) is 0 Å². The molecule has 0 fully saturated rings. The van der Waals surface area contributed by atoms with Crippen molar-refractivity contribution in [3.05, 3.63) is 23.8 Å². The average Bonchev–Trinajstić information content (AvgIpc) is 2.20. The van der Waals surface area contributed by atoms with E-state index in [2.05, 4.69) is 5.32 Å². The van der Waals surface area contributed by atoms with Crippen molar-refractivity contribution in [2.45, 2.75) is 0 Å². The molecule has 0 unspecified atom stereocenters. The van der Waals surface area contributed by atoms with Crippen LogP contribution in [-0.4, -0.2) is 24.5 Å². The molecule has 0 heterocycles. The fourth-order valence-electron chi connectivity index (χ4n) is 1.15. The predicted molar refractivity (Wildman–Crippen MR) is 66.2 cm³/mol. The second-order valence-corrected chi connectivity index (χ2v) is 4.07. The first kappa shape index (κ1) is 11.7. The Kier molecular flexibility index (Phi) is 4.30. The fraction of sp³-hybridized carbons (Fsp3) is 0.300. The van der Waals surface area contributed by atoms with Crippen molar-refractivity contribution in [3.8, 4) is 0 Å². The average molecular weight is 225 g/mol. The van der Waals surface area contributed by atoms with E-state index in [4.69, 9.17) is 11.5 Å². The van der Waals surface area contributed by atoms with Gasteiger partial charge in [-0.2, -0.15) is 11.8 Å². The lowest BCUT2D eigenvalue weighted by atomic mass is 10.1. The van der Waals surface area contributed by atoms with Gasteiger partial charge in [0, 0.05) is 17.9 Å². The van der Waals surface area contributed by atoms with Gasteiger partial charge in [-0.25, -0.2) is 0 Å². The van der Waals surface area contributed by atoms with Gasteiger partial charge in [-0.15, -0.1) is 0 Å². The fourth-order valence-corrected chi connectivity index (χ4v) is 1.46. The highest BCUT2D eigenvalue weighted by molar-refractivity contribution is 7.98. The molecular formula is C10H15N3OS. The molecule has 0 aliphatic heterocycles. The van der Waals surface area contributed by atoms with E-state index < -0.39 is 5.91 Å². The molecule has 0 bridgehead atoms. The first-order valence-electron chi connectivity index (χ1n) is 4.57. The van der Waals surface area contributed by atoms with Crippen LogP contribution in [0.5, 0.6) is 0 Å². The molecule has 0 atom stereocenters. The molecule has 0 radical (unpaired) electrons. The van der Waals surface area contributed by atoms with Gasteiger partial charge >= 0.3 is 0 Å². The molecule has 5 N–H and O–H groups in total. The molecule has 4 nitrogen and oxygen atoms in total. The minimum absolute atomic E-state index is 0.442. The third-order valence-corrected chi connectivity index (χ3v) is 2.57. The van der Waals surface area contributed by atoms with E-state index in [1.807, 2.05) is 6.26 Å². The van der Waals surface area contributed by atoms with Gasteiger partial charge in [-0.05, 0) is 24.5 Å². The Bertz CT molecular complexity index is 355. The number of nitrogens with one attached hydrogen (secondary N) is 1. The molecule has 0 saturated carbocycles. The third-order valence-electron chi connectivity index (χ3n) is 1.96. The number of hydrogen-bond donors (Lipinski definition) is 3. The number of carbonyl (C=O) groups excluding carboxylic acids is 1. The quantitative estimate of drug-likeness (QED) is 0.518. The SMILES string of the molecule is CSCCNc1cc(C(N)=O)ccc1N. The first-order valence-corrected chi connectivity index (χ1v) is 5.96. The number of thioether (sulfide) groups is 1. The number of anilines is 2. The summed E-state index contributed by atoms with van der Waals surface area (Å²) in [7, 11) is 0. The Hall–Kier alpha value is -1.36. The number of rotatable bonds is 5. The number of nitrogens with two attached hydrogens (primary N) is 2. The van der Waals surface area contributed by atoms with Gasteiger partial charge in [0.05, 0.1) is 11.4 Å². The van der Waals surface area contributed by atoms with Crippen LogP contribution >= 0.6 is 11.8 Å². The second-order valence-electron chi connectivity index (χ2n) is 3.09. The summed E-state index contributed by atoms with van der Waals surface area (Å²) in [6, 6.07) is 4.98. The predicted octanol–water partition coefficient (Wildman–Crippen LogP) is 1.14. The molecule has 0 aliphatic rings. The number of hydrogen-bond acceptors (Lipinski definition) is 4. The lowest BCUT2D eigenvalue weighted by molar-refractivity contribution is 0.100. The highest BCUT2D eigenvalue weighted by atomic mass is 32.2. The second kappa shape index (κ2) is 5.50. The smallest absolute Gasteiger partial charge is 0.248 e. The van der Waals surface area contributed by atoms with Crippen molar-refractivity contribution in [1.29, 1.82) is 0 Å². The van der Waals surface area contributed by atoms with Crippen molar-refractivity contribution < 1.29 is 4.79 Å². The minimum atomic E-state index is -0.442. The zero-order valence-corrected chi connectivity index (χ0v) is 9.43. The van der Waals surface area contributed by atoms with Crippen LogP contribution in [0.15, 0.2) is 18.2 Å². The standard InChI is InChI=1S/C10H15N3OS/c1-15-5-4-13-9-6-7(10(12)14)2-3-8(9)11/h2-3,6,13H,4-5,11H2,1H3,(H2,12,14). The Labute approximate surface area is 93.4 Å². The molecule has 1 aromatic rings. The maximum atomic E-state index is 10.9. The van der Waals surface area contributed by atoms with Gasteiger partial charge in [0.2, 0.25) is 5.91 Å². The summed E-state index contributed by atoms with van der Waals surface area (Å²) in [5.74, 6) is 0.545. The number of benzene rings is 1. The van der Waals surface area contributed by atoms with Gasteiger partial charge < -0.3 is 16.8 Å². The molecule has 82 valence electrons. The molecule has 5 heteroatoms. The molecule has 1 amide bonds. The lowest BCUT2D eigenvalue weighted by Crippen LogP contribution is -2.13.